The first-order valence-corrected chi connectivity index (χ1v) is 5.93. The van der Waals surface area contributed by atoms with Gasteiger partial charge in [0.1, 0.15) is 0 Å². The largest absolute Gasteiger partial charge is 0.396 e. The van der Waals surface area contributed by atoms with Crippen LogP contribution in [0.5, 0.6) is 0 Å². The Hall–Kier alpha value is 0.270. The molecule has 0 aromatic heterocycles. The lowest BCUT2D eigenvalue weighted by atomic mass is 10.2. The van der Waals surface area contributed by atoms with Crippen molar-refractivity contribution in [2.75, 3.05) is 25.2 Å². The maximum atomic E-state index is 8.78. The maximum Gasteiger partial charge on any atom is 0.0446 e. The average molecular weight is 191 g/mol. The van der Waals surface area contributed by atoms with Gasteiger partial charge in [0.2, 0.25) is 0 Å². The van der Waals surface area contributed by atoms with E-state index in [9.17, 15) is 0 Å². The lowest BCUT2D eigenvalue weighted by Crippen LogP contribution is -2.34. The number of hydrogen-bond acceptors (Lipinski definition) is 3. The average Bonchev–Trinajstić information content (AvgIpc) is 2.01. The number of rotatable bonds is 7. The highest BCUT2D eigenvalue weighted by atomic mass is 32.2. The van der Waals surface area contributed by atoms with Crippen molar-refractivity contribution >= 4 is 11.8 Å². The van der Waals surface area contributed by atoms with E-state index in [0.29, 0.717) is 12.0 Å². The Kier molecular flexibility index (Phi) is 8.07. The molecule has 0 aliphatic carbocycles. The quantitative estimate of drug-likeness (QED) is 0.637. The van der Waals surface area contributed by atoms with Crippen LogP contribution >= 0.6 is 11.8 Å². The van der Waals surface area contributed by atoms with Gasteiger partial charge >= 0.3 is 0 Å². The summed E-state index contributed by atoms with van der Waals surface area (Å²) in [4.78, 5) is 0. The molecule has 2 nitrogen and oxygen atoms in total. The van der Waals surface area contributed by atoms with Crippen LogP contribution in [0.25, 0.3) is 0 Å². The van der Waals surface area contributed by atoms with Gasteiger partial charge in [0.15, 0.2) is 0 Å². The van der Waals surface area contributed by atoms with E-state index in [1.807, 2.05) is 11.8 Å². The third-order valence-corrected chi connectivity index (χ3v) is 2.40. The lowest BCUT2D eigenvalue weighted by Gasteiger charge is -2.17. The third kappa shape index (κ3) is 6.95. The highest BCUT2D eigenvalue weighted by Crippen LogP contribution is 2.01. The van der Waals surface area contributed by atoms with Gasteiger partial charge in [-0.25, -0.2) is 0 Å². The number of thioether (sulfide) groups is 1. The van der Waals surface area contributed by atoms with Gasteiger partial charge in [0, 0.05) is 18.4 Å². The van der Waals surface area contributed by atoms with Crippen molar-refractivity contribution in [1.29, 1.82) is 0 Å². The van der Waals surface area contributed by atoms with Crippen molar-refractivity contribution in [1.82, 2.24) is 5.32 Å². The first-order chi connectivity index (χ1) is 5.70. The summed E-state index contributed by atoms with van der Waals surface area (Å²) in [7, 11) is 0. The lowest BCUT2D eigenvalue weighted by molar-refractivity contribution is 0.268. The normalized spacial score (nSPS) is 13.8. The molecule has 0 bridgehead atoms. The van der Waals surface area contributed by atoms with E-state index in [0.717, 1.165) is 18.7 Å². The van der Waals surface area contributed by atoms with Crippen LogP contribution in [0.15, 0.2) is 0 Å². The topological polar surface area (TPSA) is 32.3 Å². The van der Waals surface area contributed by atoms with E-state index >= 15 is 0 Å². The number of aliphatic hydroxyl groups excluding tert-OH is 1. The SMILES string of the molecule is CSCC(CCO)NCC(C)C. The van der Waals surface area contributed by atoms with Crippen LogP contribution in [0.2, 0.25) is 0 Å². The molecule has 0 aliphatic heterocycles. The minimum Gasteiger partial charge on any atom is -0.396 e. The van der Waals surface area contributed by atoms with E-state index < -0.39 is 0 Å². The zero-order valence-corrected chi connectivity index (χ0v) is 9.16. The number of aliphatic hydroxyl groups is 1. The Bertz CT molecular complexity index is 92.5. The van der Waals surface area contributed by atoms with Crippen LogP contribution < -0.4 is 5.32 Å². The van der Waals surface area contributed by atoms with Crippen molar-refractivity contribution in [3.8, 4) is 0 Å². The molecule has 3 heteroatoms. The van der Waals surface area contributed by atoms with Crippen LogP contribution in [0.1, 0.15) is 20.3 Å². The highest BCUT2D eigenvalue weighted by molar-refractivity contribution is 7.98. The van der Waals surface area contributed by atoms with Gasteiger partial charge in [-0.15, -0.1) is 0 Å². The summed E-state index contributed by atoms with van der Waals surface area (Å²) in [6.45, 7) is 5.73. The van der Waals surface area contributed by atoms with Gasteiger partial charge in [-0.2, -0.15) is 11.8 Å². The molecule has 0 saturated heterocycles. The van der Waals surface area contributed by atoms with Gasteiger partial charge in [-0.3, -0.25) is 0 Å². The van der Waals surface area contributed by atoms with Crippen LogP contribution in [-0.4, -0.2) is 36.3 Å². The molecule has 0 heterocycles. The molecule has 0 saturated carbocycles. The summed E-state index contributed by atoms with van der Waals surface area (Å²) in [5.74, 6) is 1.78. The molecule has 0 fully saturated rings. The Morgan fingerprint density at radius 2 is 2.08 bits per heavy atom. The number of hydrogen-bond donors (Lipinski definition) is 2. The summed E-state index contributed by atoms with van der Waals surface area (Å²) in [5, 5.41) is 12.2. The summed E-state index contributed by atoms with van der Waals surface area (Å²) >= 11 is 1.83. The van der Waals surface area contributed by atoms with E-state index in [1.54, 1.807) is 0 Å². The van der Waals surface area contributed by atoms with Crippen LogP contribution in [0.3, 0.4) is 0 Å². The van der Waals surface area contributed by atoms with Gasteiger partial charge < -0.3 is 10.4 Å². The molecule has 0 aromatic rings. The molecule has 74 valence electrons. The molecule has 1 atom stereocenters. The molecule has 0 spiro atoms. The third-order valence-electron chi connectivity index (χ3n) is 1.66. The zero-order chi connectivity index (χ0) is 9.40. The van der Waals surface area contributed by atoms with Gasteiger partial charge in [0.05, 0.1) is 0 Å². The second-order valence-electron chi connectivity index (χ2n) is 3.47. The fourth-order valence-corrected chi connectivity index (χ4v) is 1.69. The van der Waals surface area contributed by atoms with Crippen molar-refractivity contribution in [3.05, 3.63) is 0 Å². The predicted octanol–water partition coefficient (Wildman–Crippen LogP) is 1.35. The van der Waals surface area contributed by atoms with Gasteiger partial charge in [-0.1, -0.05) is 13.8 Å². The second-order valence-corrected chi connectivity index (χ2v) is 4.38. The first kappa shape index (κ1) is 12.3. The second kappa shape index (κ2) is 7.90. The molecule has 0 amide bonds. The summed E-state index contributed by atoms with van der Waals surface area (Å²) in [6.07, 6.45) is 2.97. The van der Waals surface area contributed by atoms with Crippen molar-refractivity contribution in [2.45, 2.75) is 26.3 Å². The molecule has 2 N–H and O–H groups in total. The maximum absolute atomic E-state index is 8.78. The summed E-state index contributed by atoms with van der Waals surface area (Å²) in [6, 6.07) is 0.479. The zero-order valence-electron chi connectivity index (χ0n) is 8.34. The van der Waals surface area contributed by atoms with Crippen molar-refractivity contribution in [2.24, 2.45) is 5.92 Å². The smallest absolute Gasteiger partial charge is 0.0446 e. The van der Waals surface area contributed by atoms with Crippen LogP contribution in [-0.2, 0) is 0 Å². The van der Waals surface area contributed by atoms with Crippen molar-refractivity contribution in [3.63, 3.8) is 0 Å². The Labute approximate surface area is 80.1 Å². The van der Waals surface area contributed by atoms with E-state index in [4.69, 9.17) is 5.11 Å². The van der Waals surface area contributed by atoms with Crippen molar-refractivity contribution < 1.29 is 5.11 Å². The Balaban J connectivity index is 3.48. The standard InChI is InChI=1S/C9H21NOS/c1-8(2)6-10-9(4-5-11)7-12-3/h8-11H,4-7H2,1-3H3. The van der Waals surface area contributed by atoms with E-state index in [2.05, 4.69) is 25.4 Å². The Morgan fingerprint density at radius 3 is 2.50 bits per heavy atom. The molecule has 12 heavy (non-hydrogen) atoms. The molecular formula is C9H21NOS. The van der Waals surface area contributed by atoms with Crippen LogP contribution in [0, 0.1) is 5.92 Å². The predicted molar refractivity (Wildman–Crippen MR) is 56.7 cm³/mol. The first-order valence-electron chi connectivity index (χ1n) is 4.53. The molecule has 0 radical (unpaired) electrons. The molecule has 0 rings (SSSR count). The fourth-order valence-electron chi connectivity index (χ4n) is 1.00. The molecule has 0 aliphatic rings. The van der Waals surface area contributed by atoms with Crippen LogP contribution in [0.4, 0.5) is 0 Å². The minimum absolute atomic E-state index is 0.288. The van der Waals surface area contributed by atoms with Gasteiger partial charge in [0.25, 0.3) is 0 Å². The fraction of sp³-hybridized carbons (Fsp3) is 1.00. The summed E-state index contributed by atoms with van der Waals surface area (Å²) in [5.41, 5.74) is 0. The number of nitrogens with one attached hydrogen (secondary N) is 1. The van der Waals surface area contributed by atoms with E-state index in [-0.39, 0.29) is 6.61 Å². The van der Waals surface area contributed by atoms with Gasteiger partial charge in [-0.05, 0) is 25.1 Å². The van der Waals surface area contributed by atoms with E-state index in [1.165, 1.54) is 0 Å². The monoisotopic (exact) mass is 191 g/mol. The Morgan fingerprint density at radius 1 is 1.42 bits per heavy atom. The molecular weight excluding hydrogens is 170 g/mol. The summed E-state index contributed by atoms with van der Waals surface area (Å²) < 4.78 is 0. The minimum atomic E-state index is 0.288. The molecule has 0 aromatic carbocycles. The highest BCUT2D eigenvalue weighted by Gasteiger charge is 2.06. The molecule has 1 unspecified atom stereocenters.